The van der Waals surface area contributed by atoms with Crippen molar-refractivity contribution in [1.29, 1.82) is 0 Å². The fourth-order valence-corrected chi connectivity index (χ4v) is 2.96. The molecule has 0 aliphatic carbocycles. The van der Waals surface area contributed by atoms with Crippen LogP contribution in [-0.2, 0) is 0 Å². The molecule has 1 aromatic heterocycles. The van der Waals surface area contributed by atoms with E-state index in [0.29, 0.717) is 11.3 Å². The predicted octanol–water partition coefficient (Wildman–Crippen LogP) is 5.06. The first-order valence-corrected chi connectivity index (χ1v) is 8.01. The second kappa shape index (κ2) is 6.73. The zero-order chi connectivity index (χ0) is 18.0. The second-order valence-electron chi connectivity index (χ2n) is 5.98. The number of aliphatic imine (C=N–C) groups is 1. The maximum atomic E-state index is 10.9. The molecule has 0 spiro atoms. The normalized spacial score (nSPS) is 11.2. The Kier molecular flexibility index (Phi) is 4.48. The van der Waals surface area contributed by atoms with Gasteiger partial charge in [-0.05, 0) is 51.1 Å². The van der Waals surface area contributed by atoms with E-state index < -0.39 is 0 Å². The highest BCUT2D eigenvalue weighted by Gasteiger charge is 2.11. The van der Waals surface area contributed by atoms with Crippen molar-refractivity contribution in [3.05, 3.63) is 87.2 Å². The minimum atomic E-state index is -0.379. The van der Waals surface area contributed by atoms with Crippen LogP contribution in [0.25, 0.3) is 5.69 Å². The third-order valence-corrected chi connectivity index (χ3v) is 4.21. The summed E-state index contributed by atoms with van der Waals surface area (Å²) in [5.74, 6) is 0. The van der Waals surface area contributed by atoms with Crippen molar-refractivity contribution in [2.45, 2.75) is 20.8 Å². The largest absolute Gasteiger partial charge is 0.318 e. The third kappa shape index (κ3) is 3.35. The van der Waals surface area contributed by atoms with Gasteiger partial charge in [-0.3, -0.25) is 15.1 Å². The average Bonchev–Trinajstić information content (AvgIpc) is 2.87. The molecule has 5 nitrogen and oxygen atoms in total. The van der Waals surface area contributed by atoms with E-state index in [9.17, 15) is 10.1 Å². The quantitative estimate of drug-likeness (QED) is 0.380. The van der Waals surface area contributed by atoms with Gasteiger partial charge in [0.1, 0.15) is 0 Å². The second-order valence-corrected chi connectivity index (χ2v) is 5.98. The fourth-order valence-electron chi connectivity index (χ4n) is 2.96. The molecule has 5 heteroatoms. The highest BCUT2D eigenvalue weighted by molar-refractivity contribution is 5.84. The summed E-state index contributed by atoms with van der Waals surface area (Å²) in [5, 5.41) is 10.9. The molecule has 25 heavy (non-hydrogen) atoms. The Labute approximate surface area is 146 Å². The van der Waals surface area contributed by atoms with E-state index in [-0.39, 0.29) is 10.6 Å². The third-order valence-electron chi connectivity index (χ3n) is 4.21. The summed E-state index contributed by atoms with van der Waals surface area (Å²) >= 11 is 0. The van der Waals surface area contributed by atoms with Crippen LogP contribution < -0.4 is 0 Å². The Balaban J connectivity index is 1.93. The lowest BCUT2D eigenvalue weighted by Crippen LogP contribution is -1.99. The van der Waals surface area contributed by atoms with E-state index in [1.54, 1.807) is 19.1 Å². The van der Waals surface area contributed by atoms with Gasteiger partial charge in [0.25, 0.3) is 5.69 Å². The van der Waals surface area contributed by atoms with Crippen molar-refractivity contribution in [2.24, 2.45) is 4.99 Å². The highest BCUT2D eigenvalue weighted by Crippen LogP contribution is 2.24. The SMILES string of the molecule is Cc1cc(N=Cc2cc(C)n(-c3ccccc3)c2C)ccc1[N+](=O)[O-]. The van der Waals surface area contributed by atoms with Gasteiger partial charge in [0.2, 0.25) is 0 Å². The molecule has 0 saturated heterocycles. The molecule has 0 fully saturated rings. The minimum absolute atomic E-state index is 0.112. The summed E-state index contributed by atoms with van der Waals surface area (Å²) in [6, 6.07) is 17.1. The number of nitro groups is 1. The Morgan fingerprint density at radius 2 is 1.76 bits per heavy atom. The standard InChI is InChI=1S/C20H19N3O2/c1-14-11-18(9-10-20(14)23(24)25)21-13-17-12-15(2)22(16(17)3)19-7-5-4-6-8-19/h4-13H,1-3H3. The van der Waals surface area contributed by atoms with Crippen molar-refractivity contribution in [1.82, 2.24) is 4.57 Å². The van der Waals surface area contributed by atoms with Crippen molar-refractivity contribution >= 4 is 17.6 Å². The van der Waals surface area contributed by atoms with E-state index >= 15 is 0 Å². The summed E-state index contributed by atoms with van der Waals surface area (Å²) in [7, 11) is 0. The minimum Gasteiger partial charge on any atom is -0.318 e. The predicted molar refractivity (Wildman–Crippen MR) is 100 cm³/mol. The fraction of sp³-hybridized carbons (Fsp3) is 0.150. The number of nitro benzene ring substituents is 1. The first-order chi connectivity index (χ1) is 12.0. The molecule has 126 valence electrons. The first-order valence-electron chi connectivity index (χ1n) is 8.01. The molecule has 3 rings (SSSR count). The molecule has 0 N–H and O–H groups in total. The molecule has 0 aliphatic heterocycles. The molecule has 2 aromatic carbocycles. The van der Waals surface area contributed by atoms with E-state index in [1.165, 1.54) is 6.07 Å². The number of para-hydroxylation sites is 1. The Hall–Kier alpha value is -3.21. The van der Waals surface area contributed by atoms with Gasteiger partial charge in [0, 0.05) is 40.5 Å². The number of benzene rings is 2. The summed E-state index contributed by atoms with van der Waals surface area (Å²) < 4.78 is 2.18. The maximum absolute atomic E-state index is 10.9. The molecule has 3 aromatic rings. The zero-order valence-electron chi connectivity index (χ0n) is 14.4. The molecule has 0 unspecified atom stereocenters. The molecule has 0 bridgehead atoms. The maximum Gasteiger partial charge on any atom is 0.272 e. The molecular formula is C20H19N3O2. The number of hydrogen-bond acceptors (Lipinski definition) is 3. The van der Waals surface area contributed by atoms with Crippen molar-refractivity contribution in [3.8, 4) is 5.69 Å². The van der Waals surface area contributed by atoms with Crippen molar-refractivity contribution in [2.75, 3.05) is 0 Å². The van der Waals surface area contributed by atoms with Crippen molar-refractivity contribution in [3.63, 3.8) is 0 Å². The lowest BCUT2D eigenvalue weighted by atomic mass is 10.2. The van der Waals surface area contributed by atoms with E-state index in [2.05, 4.69) is 41.6 Å². The van der Waals surface area contributed by atoms with Gasteiger partial charge in [-0.15, -0.1) is 0 Å². The summed E-state index contributed by atoms with van der Waals surface area (Å²) in [5.41, 5.74) is 5.79. The number of aromatic nitrogens is 1. The monoisotopic (exact) mass is 333 g/mol. The van der Waals surface area contributed by atoms with Crippen molar-refractivity contribution < 1.29 is 4.92 Å². The lowest BCUT2D eigenvalue weighted by Gasteiger charge is -2.08. The van der Waals surface area contributed by atoms with Crippen LogP contribution in [0.1, 0.15) is 22.5 Å². The number of aryl methyl sites for hydroxylation is 2. The van der Waals surface area contributed by atoms with E-state index in [4.69, 9.17) is 0 Å². The summed E-state index contributed by atoms with van der Waals surface area (Å²) in [6.07, 6.45) is 1.81. The number of hydrogen-bond donors (Lipinski definition) is 0. The molecule has 1 heterocycles. The zero-order valence-corrected chi connectivity index (χ0v) is 14.4. The van der Waals surface area contributed by atoms with Crippen LogP contribution in [-0.4, -0.2) is 15.7 Å². The Morgan fingerprint density at radius 3 is 2.40 bits per heavy atom. The van der Waals surface area contributed by atoms with Gasteiger partial charge in [-0.2, -0.15) is 0 Å². The van der Waals surface area contributed by atoms with E-state index in [0.717, 1.165) is 22.6 Å². The van der Waals surface area contributed by atoms with Gasteiger partial charge in [0.15, 0.2) is 0 Å². The van der Waals surface area contributed by atoms with Gasteiger partial charge in [-0.25, -0.2) is 0 Å². The van der Waals surface area contributed by atoms with Crippen LogP contribution in [0.3, 0.4) is 0 Å². The Bertz CT molecular complexity index is 957. The van der Waals surface area contributed by atoms with Crippen LogP contribution in [0.2, 0.25) is 0 Å². The smallest absolute Gasteiger partial charge is 0.272 e. The van der Waals surface area contributed by atoms with Gasteiger partial charge in [0.05, 0.1) is 10.6 Å². The van der Waals surface area contributed by atoms with Crippen LogP contribution >= 0.6 is 0 Å². The highest BCUT2D eigenvalue weighted by atomic mass is 16.6. The van der Waals surface area contributed by atoms with Gasteiger partial charge < -0.3 is 4.57 Å². The molecule has 0 aliphatic rings. The lowest BCUT2D eigenvalue weighted by molar-refractivity contribution is -0.385. The molecular weight excluding hydrogens is 314 g/mol. The summed E-state index contributed by atoms with van der Waals surface area (Å²) in [6.45, 7) is 5.84. The molecule has 0 saturated carbocycles. The van der Waals surface area contributed by atoms with Gasteiger partial charge >= 0.3 is 0 Å². The van der Waals surface area contributed by atoms with Crippen LogP contribution in [0, 0.1) is 30.9 Å². The molecule has 0 atom stereocenters. The van der Waals surface area contributed by atoms with Crippen LogP contribution in [0.15, 0.2) is 59.6 Å². The topological polar surface area (TPSA) is 60.4 Å². The summed E-state index contributed by atoms with van der Waals surface area (Å²) in [4.78, 5) is 15.0. The number of nitrogens with zero attached hydrogens (tertiary/aromatic N) is 3. The van der Waals surface area contributed by atoms with Crippen LogP contribution in [0.5, 0.6) is 0 Å². The average molecular weight is 333 g/mol. The first kappa shape index (κ1) is 16.6. The number of rotatable bonds is 4. The Morgan fingerprint density at radius 1 is 1.04 bits per heavy atom. The van der Waals surface area contributed by atoms with Gasteiger partial charge in [-0.1, -0.05) is 18.2 Å². The molecule has 0 amide bonds. The van der Waals surface area contributed by atoms with E-state index in [1.807, 2.05) is 24.4 Å². The van der Waals surface area contributed by atoms with Crippen LogP contribution in [0.4, 0.5) is 11.4 Å². The molecule has 0 radical (unpaired) electrons.